The van der Waals surface area contributed by atoms with Gasteiger partial charge >= 0.3 is 12.4 Å². The molecule has 0 spiro atoms. The van der Waals surface area contributed by atoms with Gasteiger partial charge in [0.1, 0.15) is 5.82 Å². The van der Waals surface area contributed by atoms with Crippen LogP contribution in [-0.2, 0) is 21.8 Å². The standard InChI is InChI=1S/C26H28F7NO2/c1-16(19-12-20(25(28,29)30)14-21(13-19)26(31,32)33)36-23-7-4-18(15-34-8-10-35-11-9-34)24(23)17-2-5-22(27)6-3-17/h2-3,5-6,12-14,16,18,23-24H,4,7-11,15H2,1H3. The van der Waals surface area contributed by atoms with Gasteiger partial charge in [0.15, 0.2) is 0 Å². The summed E-state index contributed by atoms with van der Waals surface area (Å²) in [5, 5.41) is 0. The maximum atomic E-state index is 13.6. The van der Waals surface area contributed by atoms with E-state index in [0.29, 0.717) is 31.8 Å². The van der Waals surface area contributed by atoms with Crippen molar-refractivity contribution in [2.24, 2.45) is 5.92 Å². The Morgan fingerprint density at radius 3 is 2.06 bits per heavy atom. The summed E-state index contributed by atoms with van der Waals surface area (Å²) in [5.41, 5.74) is -2.08. The summed E-state index contributed by atoms with van der Waals surface area (Å²) in [6, 6.07) is 7.59. The number of ether oxygens (including phenoxy) is 2. The molecular weight excluding hydrogens is 491 g/mol. The fraction of sp³-hybridized carbons (Fsp3) is 0.538. The van der Waals surface area contributed by atoms with Crippen LogP contribution in [0.4, 0.5) is 30.7 Å². The van der Waals surface area contributed by atoms with Crippen molar-refractivity contribution in [2.45, 2.75) is 50.2 Å². The van der Waals surface area contributed by atoms with Crippen LogP contribution in [0.25, 0.3) is 0 Å². The van der Waals surface area contributed by atoms with Crippen LogP contribution in [0.1, 0.15) is 54.0 Å². The van der Waals surface area contributed by atoms with Gasteiger partial charge < -0.3 is 9.47 Å². The summed E-state index contributed by atoms with van der Waals surface area (Å²) in [4.78, 5) is 2.28. The Bertz CT molecular complexity index is 984. The van der Waals surface area contributed by atoms with Gasteiger partial charge in [-0.3, -0.25) is 4.90 Å². The molecule has 0 N–H and O–H groups in total. The van der Waals surface area contributed by atoms with Crippen LogP contribution in [0.5, 0.6) is 0 Å². The second-order valence-corrected chi connectivity index (χ2v) is 9.48. The number of halogens is 7. The van der Waals surface area contributed by atoms with Gasteiger partial charge in [-0.15, -0.1) is 0 Å². The van der Waals surface area contributed by atoms with Crippen molar-refractivity contribution in [1.82, 2.24) is 4.90 Å². The molecule has 0 radical (unpaired) electrons. The summed E-state index contributed by atoms with van der Waals surface area (Å²) < 4.78 is 105. The largest absolute Gasteiger partial charge is 0.416 e. The minimum absolute atomic E-state index is 0.117. The Morgan fingerprint density at radius 1 is 0.917 bits per heavy atom. The van der Waals surface area contributed by atoms with Crippen LogP contribution in [0.2, 0.25) is 0 Å². The third kappa shape index (κ3) is 6.39. The van der Waals surface area contributed by atoms with E-state index in [1.807, 2.05) is 0 Å². The zero-order valence-corrected chi connectivity index (χ0v) is 19.7. The molecular formula is C26H28F7NO2. The van der Waals surface area contributed by atoms with Crippen LogP contribution >= 0.6 is 0 Å². The first-order valence-corrected chi connectivity index (χ1v) is 11.9. The molecule has 1 saturated carbocycles. The van der Waals surface area contributed by atoms with Crippen molar-refractivity contribution >= 4 is 0 Å². The van der Waals surface area contributed by atoms with Gasteiger partial charge in [0.05, 0.1) is 36.5 Å². The summed E-state index contributed by atoms with van der Waals surface area (Å²) in [5.74, 6) is -0.433. The molecule has 0 aromatic heterocycles. The third-order valence-electron chi connectivity index (χ3n) is 7.04. The lowest BCUT2D eigenvalue weighted by Crippen LogP contribution is -2.40. The summed E-state index contributed by atoms with van der Waals surface area (Å²) in [7, 11) is 0. The third-order valence-corrected chi connectivity index (χ3v) is 7.04. The van der Waals surface area contributed by atoms with Crippen LogP contribution in [0, 0.1) is 11.7 Å². The molecule has 3 nitrogen and oxygen atoms in total. The molecule has 198 valence electrons. The van der Waals surface area contributed by atoms with Gasteiger partial charge in [0, 0.05) is 25.6 Å². The number of hydrogen-bond acceptors (Lipinski definition) is 3. The lowest BCUT2D eigenvalue weighted by molar-refractivity contribution is -0.143. The number of rotatable bonds is 6. The Labute approximate surface area is 205 Å². The van der Waals surface area contributed by atoms with Gasteiger partial charge in [-0.05, 0) is 67.1 Å². The molecule has 0 amide bonds. The highest BCUT2D eigenvalue weighted by molar-refractivity contribution is 5.35. The molecule has 4 atom stereocenters. The summed E-state index contributed by atoms with van der Waals surface area (Å²) in [6.07, 6.45) is -9.95. The number of alkyl halides is 6. The van der Waals surface area contributed by atoms with E-state index in [9.17, 15) is 30.7 Å². The van der Waals surface area contributed by atoms with E-state index in [0.717, 1.165) is 31.6 Å². The van der Waals surface area contributed by atoms with E-state index < -0.39 is 41.5 Å². The molecule has 10 heteroatoms. The normalized spacial score (nSPS) is 24.7. The number of nitrogens with zero attached hydrogens (tertiary/aromatic N) is 1. The maximum absolute atomic E-state index is 13.6. The molecule has 2 fully saturated rings. The minimum Gasteiger partial charge on any atom is -0.379 e. The van der Waals surface area contributed by atoms with E-state index in [4.69, 9.17) is 9.47 Å². The summed E-state index contributed by atoms with van der Waals surface area (Å²) >= 11 is 0. The SMILES string of the molecule is CC(OC1CCC(CN2CCOCC2)C1c1ccc(F)cc1)c1cc(C(F)(F)F)cc(C(F)(F)F)c1. The highest BCUT2D eigenvalue weighted by Gasteiger charge is 2.41. The average Bonchev–Trinajstić information content (AvgIpc) is 3.20. The molecule has 1 heterocycles. The fourth-order valence-corrected chi connectivity index (χ4v) is 5.24. The molecule has 36 heavy (non-hydrogen) atoms. The highest BCUT2D eigenvalue weighted by Crippen LogP contribution is 2.45. The van der Waals surface area contributed by atoms with Gasteiger partial charge in [0.2, 0.25) is 0 Å². The Hall–Kier alpha value is -2.17. The van der Waals surface area contributed by atoms with E-state index in [1.54, 1.807) is 12.1 Å². The van der Waals surface area contributed by atoms with E-state index >= 15 is 0 Å². The Morgan fingerprint density at radius 2 is 1.50 bits per heavy atom. The van der Waals surface area contributed by atoms with Crippen molar-refractivity contribution in [3.63, 3.8) is 0 Å². The first kappa shape index (κ1) is 26.9. The molecule has 1 aliphatic carbocycles. The Balaban J connectivity index is 1.59. The molecule has 2 aromatic carbocycles. The molecule has 1 aliphatic heterocycles. The molecule has 4 rings (SSSR count). The number of morpholine rings is 1. The van der Waals surface area contributed by atoms with Crippen LogP contribution in [0.15, 0.2) is 42.5 Å². The first-order valence-electron chi connectivity index (χ1n) is 11.9. The summed E-state index contributed by atoms with van der Waals surface area (Å²) in [6.45, 7) is 5.02. The van der Waals surface area contributed by atoms with Crippen LogP contribution in [-0.4, -0.2) is 43.9 Å². The topological polar surface area (TPSA) is 21.7 Å². The minimum atomic E-state index is -4.93. The van der Waals surface area contributed by atoms with Gasteiger partial charge in [0.25, 0.3) is 0 Å². The number of benzene rings is 2. The van der Waals surface area contributed by atoms with Crippen molar-refractivity contribution in [1.29, 1.82) is 0 Å². The molecule has 2 aliphatic rings. The quantitative estimate of drug-likeness (QED) is 0.391. The van der Waals surface area contributed by atoms with Crippen molar-refractivity contribution in [3.05, 3.63) is 70.5 Å². The van der Waals surface area contributed by atoms with E-state index in [-0.39, 0.29) is 23.5 Å². The molecule has 2 aromatic rings. The molecule has 1 saturated heterocycles. The predicted octanol–water partition coefficient (Wildman–Crippen LogP) is 6.84. The van der Waals surface area contributed by atoms with Crippen molar-refractivity contribution in [2.75, 3.05) is 32.8 Å². The lowest BCUT2D eigenvalue weighted by Gasteiger charge is -2.33. The zero-order chi connectivity index (χ0) is 26.1. The van der Waals surface area contributed by atoms with Gasteiger partial charge in [-0.1, -0.05) is 12.1 Å². The van der Waals surface area contributed by atoms with Crippen LogP contribution < -0.4 is 0 Å². The Kier molecular flexibility index (Phi) is 7.97. The number of hydrogen-bond donors (Lipinski definition) is 0. The maximum Gasteiger partial charge on any atom is 0.416 e. The second kappa shape index (κ2) is 10.7. The van der Waals surface area contributed by atoms with Gasteiger partial charge in [-0.2, -0.15) is 26.3 Å². The highest BCUT2D eigenvalue weighted by atomic mass is 19.4. The predicted molar refractivity (Wildman–Crippen MR) is 119 cm³/mol. The van der Waals surface area contributed by atoms with Crippen molar-refractivity contribution < 1.29 is 40.2 Å². The van der Waals surface area contributed by atoms with Crippen molar-refractivity contribution in [3.8, 4) is 0 Å². The average molecular weight is 520 g/mol. The van der Waals surface area contributed by atoms with Crippen LogP contribution in [0.3, 0.4) is 0 Å². The van der Waals surface area contributed by atoms with E-state index in [2.05, 4.69) is 4.90 Å². The lowest BCUT2D eigenvalue weighted by atomic mass is 9.87. The smallest absolute Gasteiger partial charge is 0.379 e. The molecule has 4 unspecified atom stereocenters. The first-order chi connectivity index (χ1) is 16.9. The fourth-order valence-electron chi connectivity index (χ4n) is 5.24. The zero-order valence-electron chi connectivity index (χ0n) is 19.7. The molecule has 0 bridgehead atoms. The monoisotopic (exact) mass is 519 g/mol. The van der Waals surface area contributed by atoms with Gasteiger partial charge in [-0.25, -0.2) is 4.39 Å². The van der Waals surface area contributed by atoms with E-state index in [1.165, 1.54) is 19.1 Å². The second-order valence-electron chi connectivity index (χ2n) is 9.48.